The average Bonchev–Trinajstić information content (AvgIpc) is 3.23. The van der Waals surface area contributed by atoms with Crippen LogP contribution in [-0.4, -0.2) is 34.7 Å². The smallest absolute Gasteiger partial charge is 0.360 e. The number of halogens is 4. The molecule has 4 aromatic rings. The minimum atomic E-state index is -4.63. The van der Waals surface area contributed by atoms with E-state index in [0.29, 0.717) is 11.6 Å². The number of anilines is 1. The molecule has 0 radical (unpaired) electrons. The molecule has 0 aliphatic heterocycles. The van der Waals surface area contributed by atoms with Crippen LogP contribution < -0.4 is 5.32 Å². The number of hydrogen-bond donors (Lipinski definition) is 1. The molecule has 0 bridgehead atoms. The number of nitriles is 1. The van der Waals surface area contributed by atoms with Crippen molar-refractivity contribution in [3.8, 4) is 11.9 Å². The summed E-state index contributed by atoms with van der Waals surface area (Å²) < 4.78 is 41.7. The van der Waals surface area contributed by atoms with Gasteiger partial charge in [0.25, 0.3) is 0 Å². The summed E-state index contributed by atoms with van der Waals surface area (Å²) in [7, 11) is 0. The summed E-state index contributed by atoms with van der Waals surface area (Å²) in [6.45, 7) is 1.72. The van der Waals surface area contributed by atoms with Crippen LogP contribution in [0.25, 0.3) is 16.7 Å². The molecule has 0 saturated heterocycles. The second kappa shape index (κ2) is 7.77. The van der Waals surface area contributed by atoms with Crippen LogP contribution in [-0.2, 0) is 6.18 Å². The molecular weight excluding hydrogens is 435 g/mol. The first-order valence-corrected chi connectivity index (χ1v) is 9.06. The summed E-state index contributed by atoms with van der Waals surface area (Å²) in [6, 6.07) is 4.96. The van der Waals surface area contributed by atoms with Gasteiger partial charge in [-0.2, -0.15) is 28.2 Å². The molecule has 4 rings (SSSR count). The standard InChI is InChI=1S/C18H11ClF3N9/c1-9(17-28-8-29-31(17)14-4-11(5-23)24-6-25-14)30-16-12-2-10(19)3-13(18(20,21)22)15(12)26-7-27-16/h2-4,6-9H,1H3,(H,26,27,30)/t9-/m0/s1. The molecule has 1 N–H and O–H groups in total. The quantitative estimate of drug-likeness (QED) is 0.505. The summed E-state index contributed by atoms with van der Waals surface area (Å²) in [5, 5.41) is 16.2. The van der Waals surface area contributed by atoms with Gasteiger partial charge in [0.05, 0.1) is 17.1 Å². The van der Waals surface area contributed by atoms with Crippen LogP contribution >= 0.6 is 11.6 Å². The molecule has 0 aliphatic rings. The Kier molecular flexibility index (Phi) is 5.12. The van der Waals surface area contributed by atoms with E-state index in [0.717, 1.165) is 12.4 Å². The largest absolute Gasteiger partial charge is 0.418 e. The van der Waals surface area contributed by atoms with E-state index in [1.54, 1.807) is 6.92 Å². The van der Waals surface area contributed by atoms with Crippen LogP contribution in [0, 0.1) is 11.3 Å². The normalized spacial score (nSPS) is 12.5. The fraction of sp³-hybridized carbons (Fsp3) is 0.167. The molecule has 3 aromatic heterocycles. The summed E-state index contributed by atoms with van der Waals surface area (Å²) >= 11 is 5.92. The first-order chi connectivity index (χ1) is 14.8. The Morgan fingerprint density at radius 1 is 1.06 bits per heavy atom. The predicted octanol–water partition coefficient (Wildman–Crippen LogP) is 3.72. The SMILES string of the molecule is C[C@H](Nc1ncnc2c(C(F)(F)F)cc(Cl)cc12)c1ncnn1-c1cc(C#N)ncn1. The summed E-state index contributed by atoms with van der Waals surface area (Å²) in [4.78, 5) is 20.0. The second-order valence-electron chi connectivity index (χ2n) is 6.34. The Bertz CT molecular complexity index is 1310. The lowest BCUT2D eigenvalue weighted by molar-refractivity contribution is -0.136. The molecule has 31 heavy (non-hydrogen) atoms. The fourth-order valence-electron chi connectivity index (χ4n) is 2.98. The summed E-state index contributed by atoms with van der Waals surface area (Å²) in [6.07, 6.45) is -1.09. The number of fused-ring (bicyclic) bond motifs is 1. The van der Waals surface area contributed by atoms with E-state index in [1.165, 1.54) is 29.5 Å². The molecule has 0 saturated carbocycles. The highest BCUT2D eigenvalue weighted by molar-refractivity contribution is 6.31. The third kappa shape index (κ3) is 3.95. The van der Waals surface area contributed by atoms with Crippen molar-refractivity contribution in [2.45, 2.75) is 19.1 Å². The molecular formula is C18H11ClF3N9. The molecule has 0 unspecified atom stereocenters. The Hall–Kier alpha value is -3.85. The summed E-state index contributed by atoms with van der Waals surface area (Å²) in [5.74, 6) is 0.829. The van der Waals surface area contributed by atoms with Crippen LogP contribution in [0.2, 0.25) is 5.02 Å². The first kappa shape index (κ1) is 20.4. The van der Waals surface area contributed by atoms with Gasteiger partial charge in [0.1, 0.15) is 36.6 Å². The molecule has 13 heteroatoms. The van der Waals surface area contributed by atoms with Crippen LogP contribution in [0.4, 0.5) is 19.0 Å². The first-order valence-electron chi connectivity index (χ1n) is 8.68. The number of nitrogens with one attached hydrogen (secondary N) is 1. The third-order valence-electron chi connectivity index (χ3n) is 4.31. The van der Waals surface area contributed by atoms with Crippen molar-refractivity contribution in [2.24, 2.45) is 0 Å². The number of hydrogen-bond acceptors (Lipinski definition) is 8. The highest BCUT2D eigenvalue weighted by Crippen LogP contribution is 2.38. The van der Waals surface area contributed by atoms with E-state index < -0.39 is 17.8 Å². The van der Waals surface area contributed by atoms with Gasteiger partial charge in [-0.25, -0.2) is 24.9 Å². The van der Waals surface area contributed by atoms with Crippen molar-refractivity contribution in [3.05, 3.63) is 59.3 Å². The molecule has 156 valence electrons. The van der Waals surface area contributed by atoms with Crippen LogP contribution in [0.3, 0.4) is 0 Å². The highest BCUT2D eigenvalue weighted by atomic mass is 35.5. The van der Waals surface area contributed by atoms with Crippen LogP contribution in [0.1, 0.15) is 30.0 Å². The second-order valence-corrected chi connectivity index (χ2v) is 6.78. The summed E-state index contributed by atoms with van der Waals surface area (Å²) in [5.41, 5.74) is -1.10. The van der Waals surface area contributed by atoms with Gasteiger partial charge in [0.2, 0.25) is 0 Å². The lowest BCUT2D eigenvalue weighted by Crippen LogP contribution is -2.16. The molecule has 1 atom stereocenters. The van der Waals surface area contributed by atoms with Crippen molar-refractivity contribution >= 4 is 28.3 Å². The molecule has 0 aliphatic carbocycles. The topological polar surface area (TPSA) is 118 Å². The van der Waals surface area contributed by atoms with E-state index in [-0.39, 0.29) is 27.4 Å². The number of benzene rings is 1. The van der Waals surface area contributed by atoms with Crippen molar-refractivity contribution in [2.75, 3.05) is 5.32 Å². The minimum Gasteiger partial charge on any atom is -0.360 e. The Balaban J connectivity index is 1.74. The molecule has 0 amide bonds. The Morgan fingerprint density at radius 2 is 1.84 bits per heavy atom. The van der Waals surface area contributed by atoms with Crippen molar-refractivity contribution in [3.63, 3.8) is 0 Å². The van der Waals surface area contributed by atoms with E-state index >= 15 is 0 Å². The van der Waals surface area contributed by atoms with Crippen LogP contribution in [0.5, 0.6) is 0 Å². The zero-order valence-electron chi connectivity index (χ0n) is 15.6. The fourth-order valence-corrected chi connectivity index (χ4v) is 3.20. The number of nitrogens with zero attached hydrogens (tertiary/aromatic N) is 8. The molecule has 3 heterocycles. The predicted molar refractivity (Wildman–Crippen MR) is 103 cm³/mol. The molecule has 0 fully saturated rings. The van der Waals surface area contributed by atoms with Gasteiger partial charge in [-0.1, -0.05) is 11.6 Å². The maximum atomic E-state index is 13.4. The highest BCUT2D eigenvalue weighted by Gasteiger charge is 2.34. The van der Waals surface area contributed by atoms with Crippen molar-refractivity contribution < 1.29 is 13.2 Å². The monoisotopic (exact) mass is 445 g/mol. The zero-order chi connectivity index (χ0) is 22.2. The average molecular weight is 446 g/mol. The van der Waals surface area contributed by atoms with Gasteiger partial charge in [0.15, 0.2) is 11.6 Å². The van der Waals surface area contributed by atoms with Crippen molar-refractivity contribution in [1.29, 1.82) is 5.26 Å². The zero-order valence-corrected chi connectivity index (χ0v) is 16.4. The minimum absolute atomic E-state index is 0.0986. The van der Waals surface area contributed by atoms with Gasteiger partial charge >= 0.3 is 6.18 Å². The van der Waals surface area contributed by atoms with E-state index in [4.69, 9.17) is 16.9 Å². The van der Waals surface area contributed by atoms with Gasteiger partial charge in [-0.05, 0) is 19.1 Å². The maximum Gasteiger partial charge on any atom is 0.418 e. The molecule has 9 nitrogen and oxygen atoms in total. The third-order valence-corrected chi connectivity index (χ3v) is 4.53. The maximum absolute atomic E-state index is 13.4. The number of rotatable bonds is 4. The number of alkyl halides is 3. The van der Waals surface area contributed by atoms with Gasteiger partial charge in [-0.15, -0.1) is 0 Å². The van der Waals surface area contributed by atoms with E-state index in [2.05, 4.69) is 35.3 Å². The Morgan fingerprint density at radius 3 is 2.58 bits per heavy atom. The number of aromatic nitrogens is 7. The van der Waals surface area contributed by atoms with E-state index in [9.17, 15) is 13.2 Å². The van der Waals surface area contributed by atoms with Gasteiger partial charge in [0, 0.05) is 16.5 Å². The van der Waals surface area contributed by atoms with Gasteiger partial charge < -0.3 is 5.32 Å². The lowest BCUT2D eigenvalue weighted by atomic mass is 10.1. The van der Waals surface area contributed by atoms with Gasteiger partial charge in [-0.3, -0.25) is 0 Å². The molecule has 0 spiro atoms. The van der Waals surface area contributed by atoms with Crippen LogP contribution in [0.15, 0.2) is 37.2 Å². The van der Waals surface area contributed by atoms with Crippen molar-refractivity contribution in [1.82, 2.24) is 34.7 Å². The van der Waals surface area contributed by atoms with E-state index in [1.807, 2.05) is 6.07 Å². The lowest BCUT2D eigenvalue weighted by Gasteiger charge is -2.17. The molecule has 1 aromatic carbocycles. The Labute approximate surface area is 177 Å².